The summed E-state index contributed by atoms with van der Waals surface area (Å²) in [5.74, 6) is -1.17. The lowest BCUT2D eigenvalue weighted by Crippen LogP contribution is -2.03. The quantitative estimate of drug-likeness (QED) is 0.863. The molecule has 0 aromatic heterocycles. The van der Waals surface area contributed by atoms with Crippen molar-refractivity contribution in [2.24, 2.45) is 0 Å². The van der Waals surface area contributed by atoms with Crippen molar-refractivity contribution < 1.29 is 13.5 Å². The van der Waals surface area contributed by atoms with Gasteiger partial charge in [0.25, 0.3) is 0 Å². The molecule has 0 aliphatic heterocycles. The summed E-state index contributed by atoms with van der Waals surface area (Å²) in [4.78, 5) is 0. The van der Waals surface area contributed by atoms with Gasteiger partial charge in [0.1, 0.15) is 29.8 Å². The van der Waals surface area contributed by atoms with Crippen LogP contribution in [0.4, 0.5) is 14.5 Å². The fourth-order valence-electron chi connectivity index (χ4n) is 1.60. The van der Waals surface area contributed by atoms with Gasteiger partial charge in [0.2, 0.25) is 0 Å². The number of nitrogens with zero attached hydrogens (tertiary/aromatic N) is 1. The van der Waals surface area contributed by atoms with Crippen LogP contribution in [0.25, 0.3) is 0 Å². The molecule has 96 valence electrons. The van der Waals surface area contributed by atoms with Gasteiger partial charge >= 0.3 is 0 Å². The predicted octanol–water partition coefficient (Wildman–Crippen LogP) is 3.00. The molecule has 0 radical (unpaired) electrons. The van der Waals surface area contributed by atoms with Crippen LogP contribution in [0.3, 0.4) is 0 Å². The first kappa shape index (κ1) is 12.8. The lowest BCUT2D eigenvalue weighted by molar-refractivity contribution is 0.297. The summed E-state index contributed by atoms with van der Waals surface area (Å²) in [6.45, 7) is -0.130. The molecule has 0 atom stereocenters. The number of hydrogen-bond acceptors (Lipinski definition) is 3. The van der Waals surface area contributed by atoms with Gasteiger partial charge in [-0.15, -0.1) is 0 Å². The van der Waals surface area contributed by atoms with Crippen molar-refractivity contribution >= 4 is 5.69 Å². The first-order chi connectivity index (χ1) is 9.13. The van der Waals surface area contributed by atoms with Gasteiger partial charge in [-0.25, -0.2) is 8.78 Å². The monoisotopic (exact) mass is 260 g/mol. The molecule has 0 saturated carbocycles. The van der Waals surface area contributed by atoms with E-state index in [1.54, 1.807) is 12.1 Å². The molecule has 3 nitrogen and oxygen atoms in total. The third-order valence-corrected chi connectivity index (χ3v) is 2.58. The molecule has 2 N–H and O–H groups in total. The van der Waals surface area contributed by atoms with Gasteiger partial charge in [0, 0.05) is 5.56 Å². The minimum atomic E-state index is -0.673. The maximum Gasteiger partial charge on any atom is 0.152 e. The summed E-state index contributed by atoms with van der Waals surface area (Å²) in [7, 11) is 0. The van der Waals surface area contributed by atoms with Gasteiger partial charge < -0.3 is 10.5 Å². The van der Waals surface area contributed by atoms with E-state index in [2.05, 4.69) is 0 Å². The molecular weight excluding hydrogens is 250 g/mol. The third-order valence-electron chi connectivity index (χ3n) is 2.58. The summed E-state index contributed by atoms with van der Waals surface area (Å²) in [6, 6.07) is 10.3. The zero-order valence-corrected chi connectivity index (χ0v) is 9.86. The fraction of sp³-hybridized carbons (Fsp3) is 0.0714. The Hall–Kier alpha value is -2.61. The first-order valence-corrected chi connectivity index (χ1v) is 5.47. The Morgan fingerprint density at radius 1 is 1.16 bits per heavy atom. The Morgan fingerprint density at radius 2 is 1.89 bits per heavy atom. The smallest absolute Gasteiger partial charge is 0.152 e. The number of ether oxygens (including phenoxy) is 1. The van der Waals surface area contributed by atoms with Gasteiger partial charge in [-0.3, -0.25) is 0 Å². The first-order valence-electron chi connectivity index (χ1n) is 5.47. The van der Waals surface area contributed by atoms with Gasteiger partial charge in [-0.2, -0.15) is 5.26 Å². The van der Waals surface area contributed by atoms with Crippen LogP contribution in [0, 0.1) is 23.0 Å². The van der Waals surface area contributed by atoms with E-state index >= 15 is 0 Å². The van der Waals surface area contributed by atoms with Crippen LogP contribution in [0.5, 0.6) is 5.75 Å². The van der Waals surface area contributed by atoms with Crippen molar-refractivity contribution in [2.75, 3.05) is 5.73 Å². The number of nitrogens with two attached hydrogens (primary N) is 1. The van der Waals surface area contributed by atoms with E-state index in [0.717, 1.165) is 6.07 Å². The Labute approximate surface area is 108 Å². The zero-order chi connectivity index (χ0) is 13.8. The molecule has 2 aromatic carbocycles. The molecule has 0 unspecified atom stereocenters. The summed E-state index contributed by atoms with van der Waals surface area (Å²) >= 11 is 0. The second-order valence-corrected chi connectivity index (χ2v) is 3.83. The molecule has 2 aromatic rings. The molecule has 19 heavy (non-hydrogen) atoms. The van der Waals surface area contributed by atoms with Gasteiger partial charge in [0.05, 0.1) is 5.69 Å². The Balaban J connectivity index is 2.22. The Kier molecular flexibility index (Phi) is 3.62. The van der Waals surface area contributed by atoms with Crippen LogP contribution in [0.2, 0.25) is 0 Å². The van der Waals surface area contributed by atoms with Crippen molar-refractivity contribution in [3.8, 4) is 11.8 Å². The molecule has 2 rings (SSSR count). The standard InChI is InChI=1S/C14H10F2N2O/c15-11-4-2-6-13(10(11)7-17)19-8-9-3-1-5-12(18)14(9)16/h1-6H,8,18H2. The van der Waals surface area contributed by atoms with Crippen LogP contribution in [0.1, 0.15) is 11.1 Å². The largest absolute Gasteiger partial charge is 0.487 e. The average molecular weight is 260 g/mol. The van der Waals surface area contributed by atoms with E-state index in [9.17, 15) is 8.78 Å². The highest BCUT2D eigenvalue weighted by Crippen LogP contribution is 2.23. The molecule has 0 amide bonds. The summed E-state index contributed by atoms with van der Waals surface area (Å²) in [5, 5.41) is 8.83. The zero-order valence-electron chi connectivity index (χ0n) is 9.86. The maximum absolute atomic E-state index is 13.6. The molecule has 0 fully saturated rings. The second-order valence-electron chi connectivity index (χ2n) is 3.83. The molecule has 0 saturated heterocycles. The van der Waals surface area contributed by atoms with Gasteiger partial charge in [-0.1, -0.05) is 18.2 Å². The van der Waals surface area contributed by atoms with Crippen LogP contribution in [-0.4, -0.2) is 0 Å². The normalized spacial score (nSPS) is 9.95. The number of hydrogen-bond donors (Lipinski definition) is 1. The van der Waals surface area contributed by atoms with Crippen LogP contribution < -0.4 is 10.5 Å². The number of halogens is 2. The Morgan fingerprint density at radius 3 is 2.63 bits per heavy atom. The minimum absolute atomic E-state index is 0.0147. The highest BCUT2D eigenvalue weighted by Gasteiger charge is 2.11. The van der Waals surface area contributed by atoms with E-state index in [0.29, 0.717) is 0 Å². The van der Waals surface area contributed by atoms with Crippen LogP contribution in [0.15, 0.2) is 36.4 Å². The third kappa shape index (κ3) is 2.63. The molecule has 0 aliphatic carbocycles. The van der Waals surface area contributed by atoms with Crippen molar-refractivity contribution in [1.29, 1.82) is 5.26 Å². The number of anilines is 1. The predicted molar refractivity (Wildman–Crippen MR) is 66.3 cm³/mol. The van der Waals surface area contributed by atoms with E-state index in [1.807, 2.05) is 0 Å². The number of rotatable bonds is 3. The molecule has 0 heterocycles. The SMILES string of the molecule is N#Cc1c(F)cccc1OCc1cccc(N)c1F. The molecule has 0 bridgehead atoms. The van der Waals surface area contributed by atoms with E-state index in [-0.39, 0.29) is 29.2 Å². The lowest BCUT2D eigenvalue weighted by Gasteiger charge is -2.09. The van der Waals surface area contributed by atoms with Crippen molar-refractivity contribution in [1.82, 2.24) is 0 Å². The van der Waals surface area contributed by atoms with Gasteiger partial charge in [0.15, 0.2) is 5.82 Å². The fourth-order valence-corrected chi connectivity index (χ4v) is 1.60. The number of benzene rings is 2. The topological polar surface area (TPSA) is 59.0 Å². The lowest BCUT2D eigenvalue weighted by atomic mass is 10.2. The van der Waals surface area contributed by atoms with E-state index in [1.165, 1.54) is 24.3 Å². The second kappa shape index (κ2) is 5.36. The summed E-state index contributed by atoms with van der Waals surface area (Å²) < 4.78 is 32.2. The van der Waals surface area contributed by atoms with Crippen molar-refractivity contribution in [2.45, 2.75) is 6.61 Å². The van der Waals surface area contributed by atoms with E-state index < -0.39 is 11.6 Å². The molecule has 5 heteroatoms. The highest BCUT2D eigenvalue weighted by atomic mass is 19.1. The average Bonchev–Trinajstić information content (AvgIpc) is 2.40. The van der Waals surface area contributed by atoms with Crippen LogP contribution >= 0.6 is 0 Å². The van der Waals surface area contributed by atoms with Crippen LogP contribution in [-0.2, 0) is 6.61 Å². The molecule has 0 aliphatic rings. The highest BCUT2D eigenvalue weighted by molar-refractivity contribution is 5.45. The Bertz CT molecular complexity index is 650. The van der Waals surface area contributed by atoms with Gasteiger partial charge in [-0.05, 0) is 18.2 Å². The summed E-state index contributed by atoms with van der Waals surface area (Å²) in [5.41, 5.74) is 5.48. The number of nitriles is 1. The van der Waals surface area contributed by atoms with Crippen molar-refractivity contribution in [3.05, 3.63) is 59.2 Å². The van der Waals surface area contributed by atoms with Crippen molar-refractivity contribution in [3.63, 3.8) is 0 Å². The maximum atomic E-state index is 13.6. The molecular formula is C14H10F2N2O. The number of nitrogen functional groups attached to an aromatic ring is 1. The summed E-state index contributed by atoms with van der Waals surface area (Å²) in [6.07, 6.45) is 0. The molecule has 0 spiro atoms. The van der Waals surface area contributed by atoms with E-state index in [4.69, 9.17) is 15.7 Å². The minimum Gasteiger partial charge on any atom is -0.487 e.